The van der Waals surface area contributed by atoms with Crippen LogP contribution < -0.4 is 5.32 Å². The van der Waals surface area contributed by atoms with Crippen molar-refractivity contribution in [1.29, 1.82) is 0 Å². The molecule has 120 valence electrons. The third-order valence-corrected chi connectivity index (χ3v) is 3.55. The molecule has 0 aromatic heterocycles. The molecule has 0 fully saturated rings. The van der Waals surface area contributed by atoms with Gasteiger partial charge in [0.1, 0.15) is 0 Å². The van der Waals surface area contributed by atoms with Crippen LogP contribution in [-0.2, 0) is 4.74 Å². The van der Waals surface area contributed by atoms with Crippen molar-refractivity contribution in [3.05, 3.63) is 64.7 Å². The minimum absolute atomic E-state index is 0.282. The monoisotopic (exact) mass is 311 g/mol. The molecule has 1 N–H and O–H groups in total. The molecule has 0 bridgehead atoms. The Labute approximate surface area is 136 Å². The lowest BCUT2D eigenvalue weighted by Gasteiger charge is -2.13. The normalized spacial score (nSPS) is 10.2. The number of para-hydroxylation sites is 1. The summed E-state index contributed by atoms with van der Waals surface area (Å²) in [6.07, 6.45) is 0.739. The van der Waals surface area contributed by atoms with Gasteiger partial charge in [0.05, 0.1) is 17.7 Å². The Balaban J connectivity index is 2.28. The van der Waals surface area contributed by atoms with E-state index in [1.807, 2.05) is 39.0 Å². The van der Waals surface area contributed by atoms with E-state index < -0.39 is 5.97 Å². The standard InChI is InChI=1S/C19H21NO3/c1-4-12-23-19(22)16-11-6-5-10-15(16)18(21)20-17-13(2)8-7-9-14(17)3/h5-11H,4,12H2,1-3H3,(H,20,21). The molecule has 0 aliphatic carbocycles. The summed E-state index contributed by atoms with van der Waals surface area (Å²) in [5, 5.41) is 2.90. The van der Waals surface area contributed by atoms with Gasteiger partial charge in [-0.2, -0.15) is 0 Å². The van der Waals surface area contributed by atoms with Gasteiger partial charge in [0, 0.05) is 5.69 Å². The van der Waals surface area contributed by atoms with Crippen LogP contribution in [0.4, 0.5) is 5.69 Å². The number of amides is 1. The Morgan fingerprint density at radius 2 is 1.57 bits per heavy atom. The summed E-state index contributed by atoms with van der Waals surface area (Å²) < 4.78 is 5.15. The molecule has 0 heterocycles. The highest BCUT2D eigenvalue weighted by Crippen LogP contribution is 2.21. The summed E-state index contributed by atoms with van der Waals surface area (Å²) in [6.45, 7) is 6.13. The zero-order valence-corrected chi connectivity index (χ0v) is 13.7. The second-order valence-electron chi connectivity index (χ2n) is 5.40. The van der Waals surface area contributed by atoms with E-state index in [2.05, 4.69) is 5.32 Å². The molecule has 2 aromatic rings. The summed E-state index contributed by atoms with van der Waals surface area (Å²) in [5.41, 5.74) is 3.32. The Hall–Kier alpha value is -2.62. The number of rotatable bonds is 5. The molecule has 2 rings (SSSR count). The first kappa shape index (κ1) is 16.7. The van der Waals surface area contributed by atoms with Crippen LogP contribution >= 0.6 is 0 Å². The van der Waals surface area contributed by atoms with Gasteiger partial charge in [0.15, 0.2) is 0 Å². The van der Waals surface area contributed by atoms with Crippen LogP contribution in [0.3, 0.4) is 0 Å². The molecular weight excluding hydrogens is 290 g/mol. The third kappa shape index (κ3) is 3.97. The van der Waals surface area contributed by atoms with E-state index in [0.717, 1.165) is 23.2 Å². The van der Waals surface area contributed by atoms with Gasteiger partial charge < -0.3 is 10.1 Å². The van der Waals surface area contributed by atoms with E-state index in [-0.39, 0.29) is 11.5 Å². The Bertz CT molecular complexity index is 702. The zero-order valence-electron chi connectivity index (χ0n) is 13.7. The summed E-state index contributed by atoms with van der Waals surface area (Å²) in [4.78, 5) is 24.7. The Morgan fingerprint density at radius 3 is 2.17 bits per heavy atom. The number of carbonyl (C=O) groups is 2. The number of ether oxygens (including phenoxy) is 1. The molecule has 0 saturated heterocycles. The largest absolute Gasteiger partial charge is 0.462 e. The first-order valence-corrected chi connectivity index (χ1v) is 7.68. The number of carbonyl (C=O) groups excluding carboxylic acids is 2. The van der Waals surface area contributed by atoms with Gasteiger partial charge in [-0.05, 0) is 43.5 Å². The van der Waals surface area contributed by atoms with Crippen LogP contribution in [0.5, 0.6) is 0 Å². The SMILES string of the molecule is CCCOC(=O)c1ccccc1C(=O)Nc1c(C)cccc1C. The van der Waals surface area contributed by atoms with Crippen molar-refractivity contribution in [2.45, 2.75) is 27.2 Å². The summed E-state index contributed by atoms with van der Waals surface area (Å²) in [7, 11) is 0. The maximum absolute atomic E-state index is 12.6. The fourth-order valence-corrected chi connectivity index (χ4v) is 2.32. The van der Waals surface area contributed by atoms with E-state index in [4.69, 9.17) is 4.74 Å². The van der Waals surface area contributed by atoms with Gasteiger partial charge >= 0.3 is 5.97 Å². The van der Waals surface area contributed by atoms with Gasteiger partial charge in [-0.3, -0.25) is 4.79 Å². The zero-order chi connectivity index (χ0) is 16.8. The number of hydrogen-bond acceptors (Lipinski definition) is 3. The van der Waals surface area contributed by atoms with Crippen molar-refractivity contribution in [3.63, 3.8) is 0 Å². The van der Waals surface area contributed by atoms with Crippen molar-refractivity contribution < 1.29 is 14.3 Å². The van der Waals surface area contributed by atoms with Gasteiger partial charge in [-0.15, -0.1) is 0 Å². The highest BCUT2D eigenvalue weighted by Gasteiger charge is 2.18. The number of aryl methyl sites for hydroxylation is 2. The molecule has 0 aliphatic heterocycles. The molecular formula is C19H21NO3. The van der Waals surface area contributed by atoms with E-state index in [1.54, 1.807) is 24.3 Å². The Kier molecular flexibility index (Phi) is 5.52. The van der Waals surface area contributed by atoms with Gasteiger partial charge in [-0.1, -0.05) is 37.3 Å². The smallest absolute Gasteiger partial charge is 0.338 e. The first-order chi connectivity index (χ1) is 11.0. The average Bonchev–Trinajstić information content (AvgIpc) is 2.56. The number of hydrogen-bond donors (Lipinski definition) is 1. The van der Waals surface area contributed by atoms with Gasteiger partial charge in [0.25, 0.3) is 5.91 Å². The maximum Gasteiger partial charge on any atom is 0.338 e. The van der Waals surface area contributed by atoms with E-state index in [9.17, 15) is 9.59 Å². The highest BCUT2D eigenvalue weighted by molar-refractivity contribution is 6.11. The van der Waals surface area contributed by atoms with E-state index >= 15 is 0 Å². The molecule has 4 heteroatoms. The number of anilines is 1. The van der Waals surface area contributed by atoms with Crippen molar-refractivity contribution in [1.82, 2.24) is 0 Å². The van der Waals surface area contributed by atoms with Crippen LogP contribution in [-0.4, -0.2) is 18.5 Å². The van der Waals surface area contributed by atoms with Crippen LogP contribution in [0, 0.1) is 13.8 Å². The van der Waals surface area contributed by atoms with E-state index in [1.165, 1.54) is 0 Å². The predicted octanol–water partition coefficient (Wildman–Crippen LogP) is 4.12. The lowest BCUT2D eigenvalue weighted by Crippen LogP contribution is -2.18. The number of nitrogens with one attached hydrogen (secondary N) is 1. The molecule has 4 nitrogen and oxygen atoms in total. The minimum Gasteiger partial charge on any atom is -0.462 e. The molecule has 0 spiro atoms. The maximum atomic E-state index is 12.6. The van der Waals surface area contributed by atoms with Crippen LogP contribution in [0.2, 0.25) is 0 Å². The lowest BCUT2D eigenvalue weighted by molar-refractivity contribution is 0.0502. The number of benzene rings is 2. The highest BCUT2D eigenvalue weighted by atomic mass is 16.5. The quantitative estimate of drug-likeness (QED) is 0.845. The third-order valence-electron chi connectivity index (χ3n) is 3.55. The summed E-state index contributed by atoms with van der Waals surface area (Å²) in [5.74, 6) is -0.787. The second-order valence-corrected chi connectivity index (χ2v) is 5.40. The Morgan fingerprint density at radius 1 is 0.957 bits per heavy atom. The summed E-state index contributed by atoms with van der Waals surface area (Å²) in [6, 6.07) is 12.5. The molecule has 0 unspecified atom stereocenters. The molecule has 0 atom stereocenters. The molecule has 1 amide bonds. The fourth-order valence-electron chi connectivity index (χ4n) is 2.32. The lowest BCUT2D eigenvalue weighted by atomic mass is 10.1. The van der Waals surface area contributed by atoms with Crippen molar-refractivity contribution >= 4 is 17.6 Å². The minimum atomic E-state index is -0.473. The van der Waals surface area contributed by atoms with Crippen LogP contribution in [0.1, 0.15) is 45.2 Å². The van der Waals surface area contributed by atoms with Gasteiger partial charge in [0.2, 0.25) is 0 Å². The fraction of sp³-hybridized carbons (Fsp3) is 0.263. The summed E-state index contributed by atoms with van der Waals surface area (Å²) >= 11 is 0. The molecule has 23 heavy (non-hydrogen) atoms. The van der Waals surface area contributed by atoms with E-state index in [0.29, 0.717) is 12.2 Å². The average molecular weight is 311 g/mol. The molecule has 0 saturated carbocycles. The predicted molar refractivity (Wildman–Crippen MR) is 90.9 cm³/mol. The second kappa shape index (κ2) is 7.58. The molecule has 0 radical (unpaired) electrons. The first-order valence-electron chi connectivity index (χ1n) is 7.68. The van der Waals surface area contributed by atoms with Crippen molar-refractivity contribution in [3.8, 4) is 0 Å². The molecule has 0 aliphatic rings. The van der Waals surface area contributed by atoms with Crippen molar-refractivity contribution in [2.24, 2.45) is 0 Å². The van der Waals surface area contributed by atoms with Crippen LogP contribution in [0.25, 0.3) is 0 Å². The topological polar surface area (TPSA) is 55.4 Å². The molecule has 2 aromatic carbocycles. The van der Waals surface area contributed by atoms with Gasteiger partial charge in [-0.25, -0.2) is 4.79 Å². The van der Waals surface area contributed by atoms with Crippen molar-refractivity contribution in [2.75, 3.05) is 11.9 Å². The number of esters is 1. The van der Waals surface area contributed by atoms with Crippen LogP contribution in [0.15, 0.2) is 42.5 Å².